The summed E-state index contributed by atoms with van der Waals surface area (Å²) in [5, 5.41) is 0. The molecule has 8 heteroatoms. The van der Waals surface area contributed by atoms with Crippen molar-refractivity contribution in [2.45, 2.75) is 30.7 Å². The van der Waals surface area contributed by atoms with Crippen LogP contribution in [0.2, 0.25) is 0 Å². The molecule has 2 rings (SSSR count). The van der Waals surface area contributed by atoms with Crippen LogP contribution in [0.4, 0.5) is 0 Å². The molecule has 0 N–H and O–H groups in total. The van der Waals surface area contributed by atoms with E-state index in [4.69, 9.17) is 0 Å². The Hall–Kier alpha value is -0.440. The first-order chi connectivity index (χ1) is 9.61. The van der Waals surface area contributed by atoms with Crippen LogP contribution in [0, 0.1) is 0 Å². The maximum absolute atomic E-state index is 12.8. The van der Waals surface area contributed by atoms with Crippen molar-refractivity contribution in [3.8, 4) is 0 Å². The lowest BCUT2D eigenvalue weighted by atomic mass is 10.0. The molecule has 1 atom stereocenters. The molecule has 0 unspecified atom stereocenters. The number of nitrogens with zero attached hydrogens (tertiary/aromatic N) is 1. The Kier molecular flexibility index (Phi) is 4.55. The van der Waals surface area contributed by atoms with Crippen LogP contribution in [0.15, 0.2) is 33.6 Å². The highest BCUT2D eigenvalue weighted by atomic mass is 79.9. The molecule has 1 aromatic carbocycles. The molecule has 118 valence electrons. The first kappa shape index (κ1) is 16.9. The summed E-state index contributed by atoms with van der Waals surface area (Å²) in [4.78, 5) is 0.179. The molecule has 0 saturated carbocycles. The van der Waals surface area contributed by atoms with Crippen molar-refractivity contribution in [3.05, 3.63) is 28.7 Å². The van der Waals surface area contributed by atoms with Gasteiger partial charge in [0.1, 0.15) is 0 Å². The van der Waals surface area contributed by atoms with Gasteiger partial charge in [-0.1, -0.05) is 22.9 Å². The van der Waals surface area contributed by atoms with Crippen molar-refractivity contribution in [1.82, 2.24) is 4.31 Å². The van der Waals surface area contributed by atoms with Crippen molar-refractivity contribution in [1.29, 1.82) is 0 Å². The zero-order valence-corrected chi connectivity index (χ0v) is 15.1. The molecule has 1 saturated heterocycles. The zero-order valence-electron chi connectivity index (χ0n) is 11.9. The molecule has 0 amide bonds. The van der Waals surface area contributed by atoms with Gasteiger partial charge >= 0.3 is 0 Å². The smallest absolute Gasteiger partial charge is 0.229 e. The summed E-state index contributed by atoms with van der Waals surface area (Å²) in [6.07, 6.45) is 0.332. The standard InChI is InChI=1S/C13H18BrNO4S2/c1-3-15(13(2)8-9-20(16,17)10-13)21(18,19)12-6-4-11(14)5-7-12/h4-7H,3,8-10H2,1-2H3/t13-/m0/s1. The van der Waals surface area contributed by atoms with E-state index in [0.717, 1.165) is 4.47 Å². The van der Waals surface area contributed by atoms with E-state index in [1.54, 1.807) is 26.0 Å². The van der Waals surface area contributed by atoms with E-state index in [-0.39, 0.29) is 22.9 Å². The molecule has 1 aliphatic rings. The molecule has 0 aromatic heterocycles. The van der Waals surface area contributed by atoms with Crippen LogP contribution < -0.4 is 0 Å². The van der Waals surface area contributed by atoms with Crippen LogP contribution in [0.1, 0.15) is 20.3 Å². The van der Waals surface area contributed by atoms with E-state index >= 15 is 0 Å². The highest BCUT2D eigenvalue weighted by Crippen LogP contribution is 2.34. The number of sulfonamides is 1. The summed E-state index contributed by atoms with van der Waals surface area (Å²) in [5.41, 5.74) is -0.876. The fourth-order valence-electron chi connectivity index (χ4n) is 2.77. The Morgan fingerprint density at radius 3 is 2.29 bits per heavy atom. The van der Waals surface area contributed by atoms with Gasteiger partial charge in [0.2, 0.25) is 10.0 Å². The van der Waals surface area contributed by atoms with E-state index < -0.39 is 25.4 Å². The second kappa shape index (κ2) is 5.64. The lowest BCUT2D eigenvalue weighted by Crippen LogP contribution is -2.50. The Labute approximate surface area is 134 Å². The molecule has 0 radical (unpaired) electrons. The quantitative estimate of drug-likeness (QED) is 0.781. The average molecular weight is 396 g/mol. The van der Waals surface area contributed by atoms with Gasteiger partial charge in [0.05, 0.1) is 16.4 Å². The molecular weight excluding hydrogens is 378 g/mol. The van der Waals surface area contributed by atoms with Crippen LogP contribution in [0.3, 0.4) is 0 Å². The maximum Gasteiger partial charge on any atom is 0.243 e. The summed E-state index contributed by atoms with van der Waals surface area (Å²) in [7, 11) is -6.88. The molecule has 0 spiro atoms. The number of hydrogen-bond acceptors (Lipinski definition) is 4. The van der Waals surface area contributed by atoms with Gasteiger partial charge in [0, 0.05) is 16.6 Å². The Morgan fingerprint density at radius 2 is 1.86 bits per heavy atom. The lowest BCUT2D eigenvalue weighted by Gasteiger charge is -2.35. The molecule has 1 aliphatic heterocycles. The number of rotatable bonds is 4. The minimum absolute atomic E-state index is 0.0376. The lowest BCUT2D eigenvalue weighted by molar-refractivity contribution is 0.243. The predicted octanol–water partition coefficient (Wildman–Crippen LogP) is 2.04. The number of hydrogen-bond donors (Lipinski definition) is 0. The minimum atomic E-state index is -3.71. The molecule has 1 heterocycles. The zero-order chi connectivity index (χ0) is 15.9. The highest BCUT2D eigenvalue weighted by molar-refractivity contribution is 9.10. The van der Waals surface area contributed by atoms with Crippen molar-refractivity contribution in [2.75, 3.05) is 18.1 Å². The second-order valence-corrected chi connectivity index (χ2v) is 10.4. The van der Waals surface area contributed by atoms with Crippen molar-refractivity contribution in [2.24, 2.45) is 0 Å². The van der Waals surface area contributed by atoms with Gasteiger partial charge in [-0.15, -0.1) is 0 Å². The average Bonchev–Trinajstić information content (AvgIpc) is 2.65. The van der Waals surface area contributed by atoms with Gasteiger partial charge in [-0.3, -0.25) is 0 Å². The van der Waals surface area contributed by atoms with Crippen LogP contribution >= 0.6 is 15.9 Å². The Morgan fingerprint density at radius 1 is 1.29 bits per heavy atom. The molecule has 1 fully saturated rings. The van der Waals surface area contributed by atoms with Crippen LogP contribution in [0.5, 0.6) is 0 Å². The molecular formula is C13H18BrNO4S2. The van der Waals surface area contributed by atoms with Gasteiger partial charge < -0.3 is 0 Å². The summed E-state index contributed by atoms with van der Waals surface area (Å²) in [6, 6.07) is 6.37. The fourth-order valence-corrected chi connectivity index (χ4v) is 7.07. The van der Waals surface area contributed by atoms with Crippen LogP contribution in [-0.4, -0.2) is 44.7 Å². The Bertz CT molecular complexity index is 728. The first-order valence-corrected chi connectivity index (χ1v) is 10.6. The predicted molar refractivity (Wildman–Crippen MR) is 85.4 cm³/mol. The SMILES string of the molecule is CCN([C@@]1(C)CCS(=O)(=O)C1)S(=O)(=O)c1ccc(Br)cc1. The van der Waals surface area contributed by atoms with Crippen molar-refractivity contribution >= 4 is 35.8 Å². The summed E-state index contributed by atoms with van der Waals surface area (Å²) in [5.74, 6) is -0.0839. The fraction of sp³-hybridized carbons (Fsp3) is 0.538. The molecule has 0 bridgehead atoms. The summed E-state index contributed by atoms with van der Waals surface area (Å²) >= 11 is 3.27. The van der Waals surface area contributed by atoms with Gasteiger partial charge in [-0.05, 0) is 37.6 Å². The number of benzene rings is 1. The maximum atomic E-state index is 12.8. The Balaban J connectivity index is 2.43. The number of sulfone groups is 1. The first-order valence-electron chi connectivity index (χ1n) is 6.60. The third-order valence-electron chi connectivity index (χ3n) is 3.77. The van der Waals surface area contributed by atoms with Gasteiger partial charge in [-0.25, -0.2) is 16.8 Å². The van der Waals surface area contributed by atoms with E-state index in [9.17, 15) is 16.8 Å². The van der Waals surface area contributed by atoms with E-state index in [1.165, 1.54) is 16.4 Å². The van der Waals surface area contributed by atoms with E-state index in [2.05, 4.69) is 15.9 Å². The monoisotopic (exact) mass is 395 g/mol. The third-order valence-corrected chi connectivity index (χ3v) is 8.34. The largest absolute Gasteiger partial charge is 0.243 e. The van der Waals surface area contributed by atoms with E-state index in [1.807, 2.05) is 0 Å². The normalized spacial score (nSPS) is 25.3. The minimum Gasteiger partial charge on any atom is -0.229 e. The second-order valence-electron chi connectivity index (χ2n) is 5.46. The van der Waals surface area contributed by atoms with Gasteiger partial charge in [0.25, 0.3) is 0 Å². The number of halogens is 1. The molecule has 5 nitrogen and oxygen atoms in total. The summed E-state index contributed by atoms with van der Waals surface area (Å²) in [6.45, 7) is 3.68. The van der Waals surface area contributed by atoms with Crippen LogP contribution in [0.25, 0.3) is 0 Å². The van der Waals surface area contributed by atoms with Gasteiger partial charge in [0.15, 0.2) is 9.84 Å². The molecule has 21 heavy (non-hydrogen) atoms. The van der Waals surface area contributed by atoms with E-state index in [0.29, 0.717) is 6.42 Å². The van der Waals surface area contributed by atoms with Crippen molar-refractivity contribution < 1.29 is 16.8 Å². The third kappa shape index (κ3) is 3.33. The molecule has 1 aromatic rings. The van der Waals surface area contributed by atoms with Gasteiger partial charge in [-0.2, -0.15) is 4.31 Å². The van der Waals surface area contributed by atoms with Crippen LogP contribution in [-0.2, 0) is 19.9 Å². The highest BCUT2D eigenvalue weighted by Gasteiger charge is 2.47. The molecule has 0 aliphatic carbocycles. The topological polar surface area (TPSA) is 71.5 Å². The summed E-state index contributed by atoms with van der Waals surface area (Å²) < 4.78 is 51.2. The van der Waals surface area contributed by atoms with Crippen molar-refractivity contribution in [3.63, 3.8) is 0 Å².